The number of carbonyl (C=O) groups excluding carboxylic acids is 1. The number of rotatable bonds is 2. The molecule has 1 heteroatoms. The van der Waals surface area contributed by atoms with Gasteiger partial charge in [-0.3, -0.25) is 4.79 Å². The Labute approximate surface area is 83.4 Å². The summed E-state index contributed by atoms with van der Waals surface area (Å²) in [7, 11) is 0. The molecule has 0 N–H and O–H groups in total. The van der Waals surface area contributed by atoms with Gasteiger partial charge in [-0.05, 0) is 23.8 Å². The van der Waals surface area contributed by atoms with Gasteiger partial charge in [-0.2, -0.15) is 0 Å². The van der Waals surface area contributed by atoms with Crippen molar-refractivity contribution in [2.24, 2.45) is 0 Å². The van der Waals surface area contributed by atoms with Crippen LogP contribution in [0.5, 0.6) is 0 Å². The molecule has 0 bridgehead atoms. The normalized spacial score (nSPS) is 10.4. The van der Waals surface area contributed by atoms with Crippen LogP contribution in [0.25, 0.3) is 10.8 Å². The Kier molecular flexibility index (Phi) is 2.32. The maximum Gasteiger partial charge on any atom is 0.162 e. The van der Waals surface area contributed by atoms with E-state index in [9.17, 15) is 4.79 Å². The highest BCUT2D eigenvalue weighted by molar-refractivity contribution is 6.00. The van der Waals surface area contributed by atoms with Gasteiger partial charge in [-0.15, -0.1) is 0 Å². The average molecular weight is 183 g/mol. The summed E-state index contributed by atoms with van der Waals surface area (Å²) in [6, 6.07) is 13.8. The molecule has 2 rings (SSSR count). The van der Waals surface area contributed by atoms with E-state index in [0.29, 0.717) is 6.42 Å². The van der Waals surface area contributed by atoms with Crippen molar-refractivity contribution in [2.75, 3.05) is 0 Å². The van der Waals surface area contributed by atoms with E-state index in [4.69, 9.17) is 0 Å². The van der Waals surface area contributed by atoms with Crippen molar-refractivity contribution in [1.29, 1.82) is 0 Å². The van der Waals surface area contributed by atoms with E-state index in [0.717, 1.165) is 16.3 Å². The predicted octanol–water partition coefficient (Wildman–Crippen LogP) is 3.25. The first kappa shape index (κ1) is 8.95. The van der Waals surface area contributed by atoms with E-state index < -0.39 is 0 Å². The van der Waals surface area contributed by atoms with Crippen LogP contribution in [0.4, 0.5) is 0 Å². The molecular weight excluding hydrogens is 172 g/mol. The molecule has 1 nitrogen and oxygen atoms in total. The lowest BCUT2D eigenvalue weighted by atomic mass is 10.0. The van der Waals surface area contributed by atoms with Crippen LogP contribution < -0.4 is 0 Å². The Morgan fingerprint density at radius 1 is 1.07 bits per heavy atom. The zero-order chi connectivity index (χ0) is 9.97. The van der Waals surface area contributed by atoms with Crippen LogP contribution in [0.2, 0.25) is 0 Å². The second kappa shape index (κ2) is 3.62. The smallest absolute Gasteiger partial charge is 0.162 e. The highest BCUT2D eigenvalue weighted by Crippen LogP contribution is 2.16. The van der Waals surface area contributed by atoms with Gasteiger partial charge in [-0.25, -0.2) is 0 Å². The Hall–Kier alpha value is -1.63. The zero-order valence-electron chi connectivity index (χ0n) is 7.86. The van der Waals surface area contributed by atoms with Crippen molar-refractivity contribution >= 4 is 16.6 Å². The molecule has 0 saturated carbocycles. The number of Topliss-reactive ketones (excluding diaryl/α,β-unsaturated/α-hetero) is 1. The fourth-order valence-electron chi connectivity index (χ4n) is 1.51. The standard InChI is InChI=1S/C13H11O/c1-2-13(14)12-8-7-10-5-3-4-6-11(10)9-12/h3-9H,1-2H2. The second-order valence-electron chi connectivity index (χ2n) is 3.24. The lowest BCUT2D eigenvalue weighted by Crippen LogP contribution is -1.95. The van der Waals surface area contributed by atoms with Crippen molar-refractivity contribution in [3.63, 3.8) is 0 Å². The summed E-state index contributed by atoms with van der Waals surface area (Å²) in [5.41, 5.74) is 0.749. The third kappa shape index (κ3) is 1.53. The molecule has 0 aliphatic rings. The van der Waals surface area contributed by atoms with Gasteiger partial charge in [0.15, 0.2) is 5.78 Å². The van der Waals surface area contributed by atoms with Crippen LogP contribution in [-0.2, 0) is 0 Å². The monoisotopic (exact) mass is 183 g/mol. The summed E-state index contributed by atoms with van der Waals surface area (Å²) >= 11 is 0. The molecule has 0 aromatic heterocycles. The molecule has 0 amide bonds. The van der Waals surface area contributed by atoms with Crippen molar-refractivity contribution < 1.29 is 4.79 Å². The maximum atomic E-state index is 11.4. The predicted molar refractivity (Wildman–Crippen MR) is 58.3 cm³/mol. The molecule has 0 atom stereocenters. The molecule has 0 saturated heterocycles. The van der Waals surface area contributed by atoms with Crippen molar-refractivity contribution in [3.05, 3.63) is 55.0 Å². The van der Waals surface area contributed by atoms with Crippen molar-refractivity contribution in [2.45, 2.75) is 6.42 Å². The van der Waals surface area contributed by atoms with Crippen molar-refractivity contribution in [3.8, 4) is 0 Å². The first-order valence-corrected chi connectivity index (χ1v) is 4.62. The molecule has 0 spiro atoms. The molecule has 69 valence electrons. The van der Waals surface area contributed by atoms with Gasteiger partial charge in [0.2, 0.25) is 0 Å². The van der Waals surface area contributed by atoms with Gasteiger partial charge < -0.3 is 0 Å². The molecule has 0 fully saturated rings. The van der Waals surface area contributed by atoms with Gasteiger partial charge in [0, 0.05) is 12.0 Å². The third-order valence-electron chi connectivity index (χ3n) is 2.30. The number of benzene rings is 2. The minimum atomic E-state index is 0.0933. The minimum Gasteiger partial charge on any atom is -0.294 e. The summed E-state index contributed by atoms with van der Waals surface area (Å²) in [6.45, 7) is 3.59. The van der Waals surface area contributed by atoms with Crippen molar-refractivity contribution in [1.82, 2.24) is 0 Å². The van der Waals surface area contributed by atoms with Gasteiger partial charge in [0.25, 0.3) is 0 Å². The fourth-order valence-corrected chi connectivity index (χ4v) is 1.51. The van der Waals surface area contributed by atoms with E-state index in [1.165, 1.54) is 0 Å². The first-order chi connectivity index (χ1) is 6.81. The quantitative estimate of drug-likeness (QED) is 0.653. The summed E-state index contributed by atoms with van der Waals surface area (Å²) in [5.74, 6) is 0.0933. The lowest BCUT2D eigenvalue weighted by Gasteiger charge is -2.00. The summed E-state index contributed by atoms with van der Waals surface area (Å²) < 4.78 is 0. The van der Waals surface area contributed by atoms with Crippen LogP contribution in [0.1, 0.15) is 16.8 Å². The van der Waals surface area contributed by atoms with E-state index in [1.807, 2.05) is 42.5 Å². The van der Waals surface area contributed by atoms with E-state index in [1.54, 1.807) is 0 Å². The summed E-state index contributed by atoms with van der Waals surface area (Å²) in [4.78, 5) is 11.4. The summed E-state index contributed by atoms with van der Waals surface area (Å²) in [6.07, 6.45) is 0.318. The Morgan fingerprint density at radius 2 is 1.79 bits per heavy atom. The number of hydrogen-bond donors (Lipinski definition) is 0. The van der Waals surface area contributed by atoms with Gasteiger partial charge in [-0.1, -0.05) is 36.4 Å². The highest BCUT2D eigenvalue weighted by atomic mass is 16.1. The van der Waals surface area contributed by atoms with E-state index >= 15 is 0 Å². The zero-order valence-corrected chi connectivity index (χ0v) is 7.86. The first-order valence-electron chi connectivity index (χ1n) is 4.62. The average Bonchev–Trinajstić information content (AvgIpc) is 2.27. The minimum absolute atomic E-state index is 0.0933. The maximum absolute atomic E-state index is 11.4. The molecular formula is C13H11O. The molecule has 0 unspecified atom stereocenters. The van der Waals surface area contributed by atoms with E-state index in [2.05, 4.69) is 6.92 Å². The number of hydrogen-bond acceptors (Lipinski definition) is 1. The molecule has 14 heavy (non-hydrogen) atoms. The van der Waals surface area contributed by atoms with Gasteiger partial charge in [0.05, 0.1) is 0 Å². The van der Waals surface area contributed by atoms with Crippen LogP contribution in [0.15, 0.2) is 42.5 Å². The van der Waals surface area contributed by atoms with Crippen LogP contribution in [0.3, 0.4) is 0 Å². The lowest BCUT2D eigenvalue weighted by molar-refractivity contribution is 0.0995. The van der Waals surface area contributed by atoms with E-state index in [-0.39, 0.29) is 5.78 Å². The van der Waals surface area contributed by atoms with Gasteiger partial charge in [0.1, 0.15) is 0 Å². The fraction of sp³-hybridized carbons (Fsp3) is 0.0769. The number of fused-ring (bicyclic) bond motifs is 1. The number of ketones is 1. The molecule has 0 aliphatic heterocycles. The second-order valence-corrected chi connectivity index (χ2v) is 3.24. The Bertz CT molecular complexity index is 471. The third-order valence-corrected chi connectivity index (χ3v) is 2.30. The SMILES string of the molecule is [CH2]CC(=O)c1ccc2ccccc2c1. The molecule has 2 aromatic rings. The Balaban J connectivity index is 2.56. The molecule has 0 aliphatic carbocycles. The largest absolute Gasteiger partial charge is 0.294 e. The molecule has 0 heterocycles. The summed E-state index contributed by atoms with van der Waals surface area (Å²) in [5, 5.41) is 2.26. The van der Waals surface area contributed by atoms with Crippen LogP contribution in [0, 0.1) is 6.92 Å². The number of carbonyl (C=O) groups is 1. The molecule has 2 aromatic carbocycles. The topological polar surface area (TPSA) is 17.1 Å². The molecule has 1 radical (unpaired) electrons. The van der Waals surface area contributed by atoms with Crippen LogP contribution >= 0.6 is 0 Å². The Morgan fingerprint density at radius 3 is 2.50 bits per heavy atom. The van der Waals surface area contributed by atoms with Crippen LogP contribution in [-0.4, -0.2) is 5.78 Å². The van der Waals surface area contributed by atoms with Gasteiger partial charge >= 0.3 is 0 Å². The highest BCUT2D eigenvalue weighted by Gasteiger charge is 2.02.